The van der Waals surface area contributed by atoms with E-state index in [1.54, 1.807) is 7.05 Å². The molecule has 0 heterocycles. The molecule has 0 aromatic heterocycles. The van der Waals surface area contributed by atoms with E-state index in [4.69, 9.17) is 0 Å². The lowest BCUT2D eigenvalue weighted by Crippen LogP contribution is -2.17. The third kappa shape index (κ3) is 4.31. The molecule has 0 unspecified atom stereocenters. The molecule has 0 saturated heterocycles. The fraction of sp³-hybridized carbons (Fsp3) is 0.500. The predicted octanol–water partition coefficient (Wildman–Crippen LogP) is 1.12. The van der Waals surface area contributed by atoms with Crippen molar-refractivity contribution >= 4 is 12.6 Å². The van der Waals surface area contributed by atoms with Gasteiger partial charge in [0.25, 0.3) is 0 Å². The van der Waals surface area contributed by atoms with Crippen molar-refractivity contribution in [2.24, 2.45) is 4.99 Å². The largest absolute Gasteiger partial charge is 0.359 e. The zero-order valence-corrected chi connectivity index (χ0v) is 7.05. The van der Waals surface area contributed by atoms with Gasteiger partial charge < -0.3 is 5.32 Å². The molecule has 0 aliphatic carbocycles. The maximum atomic E-state index is 10.7. The number of hydrogen-bond donors (Lipinski definition) is 1. The highest BCUT2D eigenvalue weighted by Crippen LogP contribution is 2.04. The highest BCUT2D eigenvalue weighted by molar-refractivity contribution is 5.75. The van der Waals surface area contributed by atoms with E-state index < -0.39 is 0 Å². The number of aliphatic imine (C=N–C) groups is 1. The van der Waals surface area contributed by atoms with Crippen LogP contribution in [0.5, 0.6) is 0 Å². The first-order valence-corrected chi connectivity index (χ1v) is 3.57. The van der Waals surface area contributed by atoms with Crippen molar-refractivity contribution in [2.45, 2.75) is 19.8 Å². The van der Waals surface area contributed by atoms with E-state index >= 15 is 0 Å². The molecule has 1 amide bonds. The summed E-state index contributed by atoms with van der Waals surface area (Å²) in [6.07, 6.45) is 3.00. The Morgan fingerprint density at radius 3 is 2.64 bits per heavy atom. The van der Waals surface area contributed by atoms with Crippen molar-refractivity contribution in [1.82, 2.24) is 5.32 Å². The zero-order valence-electron chi connectivity index (χ0n) is 7.05. The molecule has 0 bridgehead atoms. The second-order valence-corrected chi connectivity index (χ2v) is 2.11. The molecule has 11 heavy (non-hydrogen) atoms. The van der Waals surface area contributed by atoms with Crippen LogP contribution >= 0.6 is 0 Å². The molecule has 0 spiro atoms. The van der Waals surface area contributed by atoms with Crippen molar-refractivity contribution in [1.29, 1.82) is 0 Å². The molecule has 0 aromatic carbocycles. The highest BCUT2D eigenvalue weighted by atomic mass is 16.1. The summed E-state index contributed by atoms with van der Waals surface area (Å²) >= 11 is 0. The number of carbonyl (C=O) groups excluding carboxylic acids is 1. The van der Waals surface area contributed by atoms with Gasteiger partial charge in [0.1, 0.15) is 0 Å². The van der Waals surface area contributed by atoms with E-state index in [1.165, 1.54) is 0 Å². The zero-order chi connectivity index (χ0) is 8.69. The molecule has 3 heteroatoms. The van der Waals surface area contributed by atoms with Crippen LogP contribution in [-0.2, 0) is 4.79 Å². The van der Waals surface area contributed by atoms with E-state index in [0.29, 0.717) is 12.8 Å². The summed E-state index contributed by atoms with van der Waals surface area (Å²) in [4.78, 5) is 14.5. The average molecular weight is 154 g/mol. The first-order chi connectivity index (χ1) is 5.24. The molecule has 0 aromatic rings. The summed E-state index contributed by atoms with van der Waals surface area (Å²) in [6.45, 7) is 5.27. The molecule has 62 valence electrons. The lowest BCUT2D eigenvalue weighted by molar-refractivity contribution is -0.120. The minimum atomic E-state index is 0.0352. The standard InChI is InChI=1S/C8H14N2O/c1-4-7(9-2)5-6-8(11)10-3/h4H,2,5-6H2,1,3H3,(H,10,11)/b7-4-. The molecule has 0 saturated carbocycles. The molecule has 0 atom stereocenters. The average Bonchev–Trinajstić information content (AvgIpc) is 2.06. The number of rotatable bonds is 4. The van der Waals surface area contributed by atoms with Gasteiger partial charge in [0, 0.05) is 19.2 Å². The predicted molar refractivity (Wildman–Crippen MR) is 46.6 cm³/mol. The van der Waals surface area contributed by atoms with Gasteiger partial charge in [0.2, 0.25) is 5.91 Å². The van der Waals surface area contributed by atoms with Crippen molar-refractivity contribution in [3.8, 4) is 0 Å². The van der Waals surface area contributed by atoms with Gasteiger partial charge in [0.15, 0.2) is 0 Å². The SMILES string of the molecule is C=N/C(=C\C)CCC(=O)NC. The molecule has 0 radical (unpaired) electrons. The first-order valence-electron chi connectivity index (χ1n) is 3.57. The van der Waals surface area contributed by atoms with E-state index in [9.17, 15) is 4.79 Å². The van der Waals surface area contributed by atoms with Gasteiger partial charge in [0.05, 0.1) is 0 Å². The Kier molecular flexibility index (Phi) is 5.07. The molecule has 3 nitrogen and oxygen atoms in total. The lowest BCUT2D eigenvalue weighted by Gasteiger charge is -1.98. The van der Waals surface area contributed by atoms with Crippen LogP contribution in [0.1, 0.15) is 19.8 Å². The van der Waals surface area contributed by atoms with Crippen LogP contribution in [0.25, 0.3) is 0 Å². The van der Waals surface area contributed by atoms with E-state index in [1.807, 2.05) is 13.0 Å². The quantitative estimate of drug-likeness (QED) is 0.606. The van der Waals surface area contributed by atoms with Gasteiger partial charge in [-0.2, -0.15) is 0 Å². The fourth-order valence-electron chi connectivity index (χ4n) is 0.681. The molecule has 0 fully saturated rings. The molecule has 0 rings (SSSR count). The van der Waals surface area contributed by atoms with Crippen LogP contribution in [0.2, 0.25) is 0 Å². The summed E-state index contributed by atoms with van der Waals surface area (Å²) in [7, 11) is 1.62. The minimum Gasteiger partial charge on any atom is -0.359 e. The van der Waals surface area contributed by atoms with Crippen LogP contribution in [0.15, 0.2) is 16.8 Å². The summed E-state index contributed by atoms with van der Waals surface area (Å²) in [5.41, 5.74) is 0.869. The smallest absolute Gasteiger partial charge is 0.220 e. The summed E-state index contributed by atoms with van der Waals surface area (Å²) < 4.78 is 0. The second kappa shape index (κ2) is 5.65. The van der Waals surface area contributed by atoms with E-state index in [-0.39, 0.29) is 5.91 Å². The fourth-order valence-corrected chi connectivity index (χ4v) is 0.681. The lowest BCUT2D eigenvalue weighted by atomic mass is 10.2. The van der Waals surface area contributed by atoms with Crippen LogP contribution in [0.4, 0.5) is 0 Å². The van der Waals surface area contributed by atoms with Crippen LogP contribution < -0.4 is 5.32 Å². The van der Waals surface area contributed by atoms with Crippen molar-refractivity contribution in [3.63, 3.8) is 0 Å². The number of carbonyl (C=O) groups is 1. The van der Waals surface area contributed by atoms with E-state index in [2.05, 4.69) is 17.0 Å². The van der Waals surface area contributed by atoms with Crippen molar-refractivity contribution in [3.05, 3.63) is 11.8 Å². The first kappa shape index (κ1) is 9.88. The Balaban J connectivity index is 3.69. The van der Waals surface area contributed by atoms with Crippen LogP contribution in [-0.4, -0.2) is 19.7 Å². The van der Waals surface area contributed by atoms with Gasteiger partial charge in [-0.1, -0.05) is 6.08 Å². The highest BCUT2D eigenvalue weighted by Gasteiger charge is 1.98. The summed E-state index contributed by atoms with van der Waals surface area (Å²) in [5, 5.41) is 2.54. The normalized spacial score (nSPS) is 10.9. The Morgan fingerprint density at radius 2 is 2.27 bits per heavy atom. The minimum absolute atomic E-state index is 0.0352. The van der Waals surface area contributed by atoms with Crippen LogP contribution in [0.3, 0.4) is 0 Å². The molecular weight excluding hydrogens is 140 g/mol. The topological polar surface area (TPSA) is 41.5 Å². The van der Waals surface area contributed by atoms with Crippen molar-refractivity contribution in [2.75, 3.05) is 7.05 Å². The van der Waals surface area contributed by atoms with Gasteiger partial charge >= 0.3 is 0 Å². The van der Waals surface area contributed by atoms with Gasteiger partial charge in [-0.15, -0.1) is 0 Å². The van der Waals surface area contributed by atoms with Crippen LogP contribution in [0, 0.1) is 0 Å². The Bertz CT molecular complexity index is 173. The van der Waals surface area contributed by atoms with Gasteiger partial charge in [-0.3, -0.25) is 9.79 Å². The monoisotopic (exact) mass is 154 g/mol. The van der Waals surface area contributed by atoms with Gasteiger partial charge in [-0.05, 0) is 20.1 Å². The van der Waals surface area contributed by atoms with E-state index in [0.717, 1.165) is 5.70 Å². The summed E-state index contributed by atoms with van der Waals surface area (Å²) in [5.74, 6) is 0.0352. The Morgan fingerprint density at radius 1 is 1.64 bits per heavy atom. The van der Waals surface area contributed by atoms with Crippen molar-refractivity contribution < 1.29 is 4.79 Å². The number of hydrogen-bond acceptors (Lipinski definition) is 2. The molecule has 0 aliphatic heterocycles. The Hall–Kier alpha value is -1.12. The maximum Gasteiger partial charge on any atom is 0.220 e. The molecule has 1 N–H and O–H groups in total. The molecule has 0 aliphatic rings. The number of allylic oxidation sites excluding steroid dienone is 2. The van der Waals surface area contributed by atoms with Gasteiger partial charge in [-0.25, -0.2) is 0 Å². The number of nitrogens with zero attached hydrogens (tertiary/aromatic N) is 1. The second-order valence-electron chi connectivity index (χ2n) is 2.11. The maximum absolute atomic E-state index is 10.7. The summed E-state index contributed by atoms with van der Waals surface area (Å²) in [6, 6.07) is 0. The number of nitrogens with one attached hydrogen (secondary N) is 1. The Labute approximate surface area is 67.2 Å². The number of amides is 1. The third-order valence-electron chi connectivity index (χ3n) is 1.42. The third-order valence-corrected chi connectivity index (χ3v) is 1.42. The molecular formula is C8H14N2O.